The van der Waals surface area contributed by atoms with Crippen LogP contribution in [0.3, 0.4) is 0 Å². The van der Waals surface area contributed by atoms with Crippen LogP contribution in [0.15, 0.2) is 36.5 Å². The van der Waals surface area contributed by atoms with E-state index in [-0.39, 0.29) is 6.61 Å². The molecular weight excluding hydrogens is 276 g/mol. The van der Waals surface area contributed by atoms with Crippen LogP contribution in [-0.2, 0) is 19.7 Å². The standard InChI is InChI=1S/C17H24N4O/c22-13-17-19-11-16(20-17)10-18-15-6-8-21(9-7-15)12-14-4-2-1-3-5-14/h1-5,11,15,18,22H,6-10,12-13H2,(H,19,20). The molecule has 1 aromatic carbocycles. The molecule has 1 fully saturated rings. The van der Waals surface area contributed by atoms with Crippen molar-refractivity contribution in [1.82, 2.24) is 20.2 Å². The number of rotatable bonds is 6. The van der Waals surface area contributed by atoms with Crippen molar-refractivity contribution in [2.24, 2.45) is 0 Å². The number of nitrogens with zero attached hydrogens (tertiary/aromatic N) is 2. The fourth-order valence-electron chi connectivity index (χ4n) is 2.97. The highest BCUT2D eigenvalue weighted by molar-refractivity contribution is 5.14. The molecule has 0 amide bonds. The van der Waals surface area contributed by atoms with Gasteiger partial charge in [-0.3, -0.25) is 4.90 Å². The highest BCUT2D eigenvalue weighted by atomic mass is 16.3. The summed E-state index contributed by atoms with van der Waals surface area (Å²) in [6.07, 6.45) is 4.14. The third-order valence-electron chi connectivity index (χ3n) is 4.25. The largest absolute Gasteiger partial charge is 0.388 e. The molecule has 1 aromatic heterocycles. The molecule has 3 N–H and O–H groups in total. The van der Waals surface area contributed by atoms with Crippen LogP contribution >= 0.6 is 0 Å². The van der Waals surface area contributed by atoms with E-state index in [1.54, 1.807) is 6.20 Å². The van der Waals surface area contributed by atoms with Crippen LogP contribution in [0, 0.1) is 0 Å². The minimum atomic E-state index is -0.0299. The second-order valence-electron chi connectivity index (χ2n) is 5.93. The van der Waals surface area contributed by atoms with E-state index < -0.39 is 0 Å². The number of aliphatic hydroxyl groups excluding tert-OH is 1. The first-order chi connectivity index (χ1) is 10.8. The molecule has 0 saturated carbocycles. The van der Waals surface area contributed by atoms with Gasteiger partial charge in [0.1, 0.15) is 12.4 Å². The average molecular weight is 300 g/mol. The number of benzene rings is 1. The normalized spacial score (nSPS) is 17.0. The summed E-state index contributed by atoms with van der Waals surface area (Å²) in [6, 6.07) is 11.2. The minimum Gasteiger partial charge on any atom is -0.388 e. The molecule has 5 nitrogen and oxygen atoms in total. The minimum absolute atomic E-state index is 0.0299. The Hall–Kier alpha value is -1.69. The molecular formula is C17H24N4O. The fourth-order valence-corrected chi connectivity index (χ4v) is 2.97. The third kappa shape index (κ3) is 4.16. The molecule has 0 atom stereocenters. The fraction of sp³-hybridized carbons (Fsp3) is 0.471. The summed E-state index contributed by atoms with van der Waals surface area (Å²) in [7, 11) is 0. The van der Waals surface area contributed by atoms with Gasteiger partial charge in [-0.2, -0.15) is 0 Å². The molecule has 0 bridgehead atoms. The summed E-state index contributed by atoms with van der Waals surface area (Å²) in [4.78, 5) is 9.73. The van der Waals surface area contributed by atoms with Crippen molar-refractivity contribution in [3.05, 3.63) is 53.6 Å². The second kappa shape index (κ2) is 7.54. The molecule has 1 aliphatic heterocycles. The number of aliphatic hydroxyl groups is 1. The Balaban J connectivity index is 1.40. The first-order valence-electron chi connectivity index (χ1n) is 7.97. The molecule has 2 heterocycles. The van der Waals surface area contributed by atoms with Crippen LogP contribution < -0.4 is 5.32 Å². The molecule has 2 aromatic rings. The summed E-state index contributed by atoms with van der Waals surface area (Å²) < 4.78 is 0. The van der Waals surface area contributed by atoms with Crippen LogP contribution in [0.2, 0.25) is 0 Å². The van der Waals surface area contributed by atoms with Crippen LogP contribution in [0.4, 0.5) is 0 Å². The van der Waals surface area contributed by atoms with E-state index in [0.29, 0.717) is 11.9 Å². The summed E-state index contributed by atoms with van der Waals surface area (Å²) in [5, 5.41) is 12.6. The van der Waals surface area contributed by atoms with Gasteiger partial charge in [0, 0.05) is 31.0 Å². The zero-order chi connectivity index (χ0) is 15.2. The molecule has 1 aliphatic rings. The van der Waals surface area contributed by atoms with Gasteiger partial charge >= 0.3 is 0 Å². The molecule has 0 unspecified atom stereocenters. The predicted octanol–water partition coefficient (Wildman–Crippen LogP) is 1.66. The lowest BCUT2D eigenvalue weighted by Gasteiger charge is -2.32. The lowest BCUT2D eigenvalue weighted by molar-refractivity contribution is 0.190. The van der Waals surface area contributed by atoms with Gasteiger partial charge in [-0.05, 0) is 31.5 Å². The molecule has 1 saturated heterocycles. The van der Waals surface area contributed by atoms with E-state index in [9.17, 15) is 0 Å². The van der Waals surface area contributed by atoms with Gasteiger partial charge in [0.05, 0.1) is 0 Å². The molecule has 118 valence electrons. The smallest absolute Gasteiger partial charge is 0.132 e. The first-order valence-corrected chi connectivity index (χ1v) is 7.97. The quantitative estimate of drug-likeness (QED) is 0.759. The summed E-state index contributed by atoms with van der Waals surface area (Å²) in [6.45, 7) is 4.08. The number of aromatic nitrogens is 2. The van der Waals surface area contributed by atoms with Crippen molar-refractivity contribution in [2.75, 3.05) is 13.1 Å². The maximum Gasteiger partial charge on any atom is 0.132 e. The van der Waals surface area contributed by atoms with Gasteiger partial charge in [-0.15, -0.1) is 0 Å². The summed E-state index contributed by atoms with van der Waals surface area (Å²) in [5.41, 5.74) is 2.43. The number of likely N-dealkylation sites (tertiary alicyclic amines) is 1. The van der Waals surface area contributed by atoms with E-state index in [1.165, 1.54) is 18.4 Å². The van der Waals surface area contributed by atoms with Gasteiger partial charge in [-0.25, -0.2) is 4.98 Å². The van der Waals surface area contributed by atoms with Gasteiger partial charge in [0.2, 0.25) is 0 Å². The average Bonchev–Trinajstić information content (AvgIpc) is 3.03. The Morgan fingerprint density at radius 1 is 1.23 bits per heavy atom. The summed E-state index contributed by atoms with van der Waals surface area (Å²) >= 11 is 0. The monoisotopic (exact) mass is 300 g/mol. The first kappa shape index (κ1) is 15.2. The number of hydrogen-bond acceptors (Lipinski definition) is 4. The van der Waals surface area contributed by atoms with Gasteiger partial charge in [0.15, 0.2) is 0 Å². The Kier molecular flexibility index (Phi) is 5.21. The van der Waals surface area contributed by atoms with Gasteiger partial charge < -0.3 is 15.4 Å². The number of imidazole rings is 1. The number of nitrogens with one attached hydrogen (secondary N) is 2. The van der Waals surface area contributed by atoms with Crippen molar-refractivity contribution >= 4 is 0 Å². The Morgan fingerprint density at radius 2 is 2.00 bits per heavy atom. The van der Waals surface area contributed by atoms with E-state index in [2.05, 4.69) is 50.5 Å². The number of hydrogen-bond donors (Lipinski definition) is 3. The summed E-state index contributed by atoms with van der Waals surface area (Å²) in [5.74, 6) is 0.634. The molecule has 0 aliphatic carbocycles. The van der Waals surface area contributed by atoms with Crippen LogP contribution in [0.5, 0.6) is 0 Å². The van der Waals surface area contributed by atoms with Crippen molar-refractivity contribution in [2.45, 2.75) is 38.6 Å². The third-order valence-corrected chi connectivity index (χ3v) is 4.25. The van der Waals surface area contributed by atoms with Crippen LogP contribution in [0.1, 0.15) is 29.9 Å². The lowest BCUT2D eigenvalue weighted by atomic mass is 10.0. The van der Waals surface area contributed by atoms with Crippen LogP contribution in [-0.4, -0.2) is 39.1 Å². The molecule has 3 rings (SSSR count). The highest BCUT2D eigenvalue weighted by Crippen LogP contribution is 2.14. The number of piperidine rings is 1. The van der Waals surface area contributed by atoms with Crippen LogP contribution in [0.25, 0.3) is 0 Å². The van der Waals surface area contributed by atoms with Crippen molar-refractivity contribution < 1.29 is 5.11 Å². The zero-order valence-electron chi connectivity index (χ0n) is 12.8. The van der Waals surface area contributed by atoms with E-state index in [0.717, 1.165) is 31.9 Å². The van der Waals surface area contributed by atoms with Crippen molar-refractivity contribution in [1.29, 1.82) is 0 Å². The van der Waals surface area contributed by atoms with E-state index in [1.807, 2.05) is 0 Å². The molecule has 22 heavy (non-hydrogen) atoms. The molecule has 5 heteroatoms. The van der Waals surface area contributed by atoms with E-state index in [4.69, 9.17) is 5.11 Å². The van der Waals surface area contributed by atoms with Gasteiger partial charge in [-0.1, -0.05) is 30.3 Å². The number of aromatic amines is 1. The Morgan fingerprint density at radius 3 is 2.68 bits per heavy atom. The lowest BCUT2D eigenvalue weighted by Crippen LogP contribution is -2.41. The van der Waals surface area contributed by atoms with Gasteiger partial charge in [0.25, 0.3) is 0 Å². The van der Waals surface area contributed by atoms with Crippen molar-refractivity contribution in [3.63, 3.8) is 0 Å². The highest BCUT2D eigenvalue weighted by Gasteiger charge is 2.18. The Bertz CT molecular complexity index is 561. The molecule has 0 radical (unpaired) electrons. The molecule has 0 spiro atoms. The Labute approximate surface area is 131 Å². The topological polar surface area (TPSA) is 64.2 Å². The number of H-pyrrole nitrogens is 1. The second-order valence-corrected chi connectivity index (χ2v) is 5.93. The maximum absolute atomic E-state index is 9.00. The zero-order valence-corrected chi connectivity index (χ0v) is 12.8. The maximum atomic E-state index is 9.00. The van der Waals surface area contributed by atoms with Crippen molar-refractivity contribution in [3.8, 4) is 0 Å². The SMILES string of the molecule is OCc1ncc(CNC2CCN(Cc3ccccc3)CC2)[nH]1. The predicted molar refractivity (Wildman–Crippen MR) is 86.1 cm³/mol. The van der Waals surface area contributed by atoms with E-state index >= 15 is 0 Å².